The number of pyridine rings is 1. The Balaban J connectivity index is 2.07. The second kappa shape index (κ2) is 8.58. The van der Waals surface area contributed by atoms with Gasteiger partial charge in [0.15, 0.2) is 17.2 Å². The van der Waals surface area contributed by atoms with Crippen LogP contribution in [-0.4, -0.2) is 41.8 Å². The smallest absolute Gasteiger partial charge is 0.417 e. The number of ether oxygens (including phenoxy) is 2. The molecule has 33 heavy (non-hydrogen) atoms. The molecule has 0 radical (unpaired) electrons. The summed E-state index contributed by atoms with van der Waals surface area (Å²) < 4.78 is 80.1. The lowest BCUT2D eigenvalue weighted by Crippen LogP contribution is -2.47. The summed E-state index contributed by atoms with van der Waals surface area (Å²) in [5.74, 6) is -7.94. The molecule has 1 aromatic heterocycles. The lowest BCUT2D eigenvalue weighted by Gasteiger charge is -2.32. The fourth-order valence-corrected chi connectivity index (χ4v) is 3.90. The van der Waals surface area contributed by atoms with Crippen LogP contribution in [-0.2, 0) is 9.53 Å². The normalized spacial score (nSPS) is 25.0. The van der Waals surface area contributed by atoms with Crippen LogP contribution < -0.4 is 15.8 Å². The number of anilines is 1. The van der Waals surface area contributed by atoms with Crippen LogP contribution in [0.1, 0.15) is 35.8 Å². The SMILES string of the molecule is COc1c(C2[C@H](C(=O)Nc3ccnc(C(N)=O)c3)O[C@@](C)(C(F)(F)F)[C@H]2C)ccc(F)c1F. The van der Waals surface area contributed by atoms with Crippen LogP contribution in [0.25, 0.3) is 0 Å². The largest absolute Gasteiger partial charge is 0.493 e. The number of amides is 2. The van der Waals surface area contributed by atoms with Gasteiger partial charge < -0.3 is 20.5 Å². The Labute approximate surface area is 185 Å². The topological polar surface area (TPSA) is 104 Å². The molecule has 178 valence electrons. The fourth-order valence-electron chi connectivity index (χ4n) is 3.90. The van der Waals surface area contributed by atoms with E-state index >= 15 is 0 Å². The summed E-state index contributed by atoms with van der Waals surface area (Å²) >= 11 is 0. The lowest BCUT2D eigenvalue weighted by molar-refractivity contribution is -0.272. The number of hydrogen-bond donors (Lipinski definition) is 2. The second-order valence-corrected chi connectivity index (χ2v) is 7.72. The summed E-state index contributed by atoms with van der Waals surface area (Å²) in [5.41, 5.74) is 2.04. The molecule has 3 N–H and O–H groups in total. The number of carbonyl (C=O) groups excluding carboxylic acids is 2. The molecule has 4 atom stereocenters. The Morgan fingerprint density at radius 2 is 1.91 bits per heavy atom. The number of halogens is 5. The first-order chi connectivity index (χ1) is 15.3. The molecule has 0 saturated carbocycles. The highest BCUT2D eigenvalue weighted by atomic mass is 19.4. The Morgan fingerprint density at radius 1 is 1.24 bits per heavy atom. The van der Waals surface area contributed by atoms with E-state index in [-0.39, 0.29) is 16.9 Å². The van der Waals surface area contributed by atoms with E-state index in [0.29, 0.717) is 0 Å². The van der Waals surface area contributed by atoms with E-state index in [4.69, 9.17) is 15.2 Å². The van der Waals surface area contributed by atoms with Gasteiger partial charge in [-0.05, 0) is 25.1 Å². The number of nitrogens with zero attached hydrogens (tertiary/aromatic N) is 1. The summed E-state index contributed by atoms with van der Waals surface area (Å²) in [6.45, 7) is 1.98. The maximum Gasteiger partial charge on any atom is 0.417 e. The number of nitrogens with two attached hydrogens (primary N) is 1. The standard InChI is InChI=1S/C21H20F5N3O4/c1-9-14(11-4-5-12(22)15(23)16(11)32-3)17(33-20(9,2)21(24,25)26)19(31)29-10-6-7-28-13(8-10)18(27)30/h4-9,14,17H,1-3H3,(H2,27,30)(H,28,29,31)/t9-,14?,17+,20+/m0/s1. The fraction of sp³-hybridized carbons (Fsp3) is 0.381. The molecule has 1 unspecified atom stereocenters. The summed E-state index contributed by atoms with van der Waals surface area (Å²) in [6, 6.07) is 4.22. The maximum atomic E-state index is 14.4. The van der Waals surface area contributed by atoms with Gasteiger partial charge in [-0.15, -0.1) is 0 Å². The number of aromatic nitrogens is 1. The molecular weight excluding hydrogens is 453 g/mol. The van der Waals surface area contributed by atoms with Gasteiger partial charge >= 0.3 is 6.18 Å². The molecule has 2 amide bonds. The second-order valence-electron chi connectivity index (χ2n) is 7.72. The predicted molar refractivity (Wildman–Crippen MR) is 106 cm³/mol. The van der Waals surface area contributed by atoms with Gasteiger partial charge in [-0.25, -0.2) is 4.39 Å². The van der Waals surface area contributed by atoms with Gasteiger partial charge in [0.1, 0.15) is 11.8 Å². The van der Waals surface area contributed by atoms with E-state index in [0.717, 1.165) is 32.2 Å². The molecule has 0 aliphatic carbocycles. The molecule has 2 heterocycles. The van der Waals surface area contributed by atoms with Crippen molar-refractivity contribution in [2.24, 2.45) is 11.7 Å². The molecule has 1 aliphatic heterocycles. The third-order valence-electron chi connectivity index (χ3n) is 5.85. The summed E-state index contributed by atoms with van der Waals surface area (Å²) in [4.78, 5) is 28.1. The van der Waals surface area contributed by atoms with Crippen LogP contribution in [0.15, 0.2) is 30.5 Å². The molecular formula is C21H20F5N3O4. The van der Waals surface area contributed by atoms with E-state index in [1.165, 1.54) is 19.2 Å². The molecule has 1 saturated heterocycles. The average molecular weight is 473 g/mol. The number of benzene rings is 1. The zero-order valence-electron chi connectivity index (χ0n) is 17.7. The minimum Gasteiger partial charge on any atom is -0.493 e. The summed E-state index contributed by atoms with van der Waals surface area (Å²) in [7, 11) is 1.03. The van der Waals surface area contributed by atoms with Crippen LogP contribution >= 0.6 is 0 Å². The summed E-state index contributed by atoms with van der Waals surface area (Å²) in [6.07, 6.45) is -5.49. The molecule has 1 fully saturated rings. The van der Waals surface area contributed by atoms with Crippen molar-refractivity contribution in [2.75, 3.05) is 12.4 Å². The van der Waals surface area contributed by atoms with Crippen molar-refractivity contribution in [3.05, 3.63) is 53.4 Å². The molecule has 7 nitrogen and oxygen atoms in total. The van der Waals surface area contributed by atoms with E-state index in [2.05, 4.69) is 10.3 Å². The van der Waals surface area contributed by atoms with Gasteiger partial charge in [-0.3, -0.25) is 14.6 Å². The maximum absolute atomic E-state index is 14.4. The molecule has 3 rings (SSSR count). The van der Waals surface area contributed by atoms with Crippen LogP contribution in [0.3, 0.4) is 0 Å². The first-order valence-corrected chi connectivity index (χ1v) is 9.65. The van der Waals surface area contributed by atoms with E-state index in [1.54, 1.807) is 0 Å². The average Bonchev–Trinajstić information content (AvgIpc) is 3.02. The van der Waals surface area contributed by atoms with Crippen LogP contribution in [0, 0.1) is 17.6 Å². The molecule has 1 aromatic carbocycles. The Morgan fingerprint density at radius 3 is 2.48 bits per heavy atom. The van der Waals surface area contributed by atoms with Crippen LogP contribution in [0.4, 0.5) is 27.6 Å². The molecule has 0 bridgehead atoms. The zero-order valence-corrected chi connectivity index (χ0v) is 17.7. The van der Waals surface area contributed by atoms with Gasteiger partial charge in [0, 0.05) is 29.3 Å². The lowest BCUT2D eigenvalue weighted by atomic mass is 9.77. The molecule has 1 aliphatic rings. The van der Waals surface area contributed by atoms with Crippen molar-refractivity contribution in [2.45, 2.75) is 37.6 Å². The molecule has 2 aromatic rings. The number of carbonyl (C=O) groups is 2. The van der Waals surface area contributed by atoms with Crippen molar-refractivity contribution in [3.8, 4) is 5.75 Å². The van der Waals surface area contributed by atoms with Gasteiger partial charge in [0.05, 0.1) is 7.11 Å². The number of alkyl halides is 3. The third-order valence-corrected chi connectivity index (χ3v) is 5.85. The highest BCUT2D eigenvalue weighted by Gasteiger charge is 2.65. The predicted octanol–water partition coefficient (Wildman–Crippen LogP) is 3.55. The Kier molecular flexibility index (Phi) is 6.33. The molecule has 0 spiro atoms. The highest BCUT2D eigenvalue weighted by Crippen LogP contribution is 2.55. The van der Waals surface area contributed by atoms with Gasteiger partial charge in [0.25, 0.3) is 11.8 Å². The van der Waals surface area contributed by atoms with E-state index in [9.17, 15) is 31.5 Å². The van der Waals surface area contributed by atoms with Crippen molar-refractivity contribution >= 4 is 17.5 Å². The van der Waals surface area contributed by atoms with E-state index < -0.39 is 58.9 Å². The third kappa shape index (κ3) is 4.22. The monoisotopic (exact) mass is 473 g/mol. The zero-order chi connectivity index (χ0) is 24.7. The quantitative estimate of drug-likeness (QED) is 0.647. The van der Waals surface area contributed by atoms with Gasteiger partial charge in [-0.1, -0.05) is 13.0 Å². The van der Waals surface area contributed by atoms with Crippen molar-refractivity contribution in [1.82, 2.24) is 4.98 Å². The number of hydrogen-bond acceptors (Lipinski definition) is 5. The number of primary amides is 1. The Bertz CT molecular complexity index is 1090. The van der Waals surface area contributed by atoms with Gasteiger partial charge in [0.2, 0.25) is 5.82 Å². The number of methoxy groups -OCH3 is 1. The Hall–Kier alpha value is -3.28. The van der Waals surface area contributed by atoms with Crippen molar-refractivity contribution in [3.63, 3.8) is 0 Å². The molecule has 12 heteroatoms. The van der Waals surface area contributed by atoms with E-state index in [1.807, 2.05) is 0 Å². The van der Waals surface area contributed by atoms with Crippen LogP contribution in [0.5, 0.6) is 5.75 Å². The van der Waals surface area contributed by atoms with Crippen molar-refractivity contribution < 1.29 is 41.0 Å². The first-order valence-electron chi connectivity index (χ1n) is 9.65. The van der Waals surface area contributed by atoms with Crippen molar-refractivity contribution in [1.29, 1.82) is 0 Å². The number of rotatable bonds is 5. The van der Waals surface area contributed by atoms with Crippen LogP contribution in [0.2, 0.25) is 0 Å². The highest BCUT2D eigenvalue weighted by molar-refractivity contribution is 5.97. The summed E-state index contributed by atoms with van der Waals surface area (Å²) in [5, 5.41) is 2.36. The first kappa shape index (κ1) is 24.4. The van der Waals surface area contributed by atoms with Gasteiger partial charge in [-0.2, -0.15) is 17.6 Å². The minimum absolute atomic E-state index is 0.0247. The number of nitrogens with one attached hydrogen (secondary N) is 1. The minimum atomic E-state index is -4.89.